The second-order valence-corrected chi connectivity index (χ2v) is 8.95. The fourth-order valence-corrected chi connectivity index (χ4v) is 4.78. The van der Waals surface area contributed by atoms with Crippen LogP contribution in [0.25, 0.3) is 6.08 Å². The maximum Gasteiger partial charge on any atom is 0.331 e. The molecule has 1 aliphatic carbocycles. The molecule has 1 saturated heterocycles. The summed E-state index contributed by atoms with van der Waals surface area (Å²) in [5.74, 6) is -0.287. The fourth-order valence-electron chi connectivity index (χ4n) is 4.20. The first-order valence-corrected chi connectivity index (χ1v) is 11.7. The molecule has 1 saturated carbocycles. The average molecular weight is 513 g/mol. The summed E-state index contributed by atoms with van der Waals surface area (Å²) in [6.07, 6.45) is 6.01. The number of imide groups is 2. The van der Waals surface area contributed by atoms with E-state index in [9.17, 15) is 14.4 Å². The van der Waals surface area contributed by atoms with Crippen LogP contribution in [0.2, 0.25) is 0 Å². The molecule has 172 valence electrons. The third-order valence-electron chi connectivity index (χ3n) is 5.86. The van der Waals surface area contributed by atoms with Gasteiger partial charge in [-0.15, -0.1) is 0 Å². The van der Waals surface area contributed by atoms with Gasteiger partial charge in [0.05, 0.1) is 11.6 Å². The Labute approximate surface area is 200 Å². The first-order valence-electron chi connectivity index (χ1n) is 10.9. The summed E-state index contributed by atoms with van der Waals surface area (Å²) in [5.41, 5.74) is 1.50. The van der Waals surface area contributed by atoms with Gasteiger partial charge >= 0.3 is 6.03 Å². The van der Waals surface area contributed by atoms with Crippen LogP contribution >= 0.6 is 15.9 Å². The van der Waals surface area contributed by atoms with Gasteiger partial charge in [0.2, 0.25) is 0 Å². The number of benzene rings is 2. The monoisotopic (exact) mass is 512 g/mol. The topological polar surface area (TPSA) is 84.9 Å². The lowest BCUT2D eigenvalue weighted by Gasteiger charge is -2.35. The molecule has 33 heavy (non-hydrogen) atoms. The number of urea groups is 1. The molecule has 1 aliphatic heterocycles. The zero-order valence-electron chi connectivity index (χ0n) is 18.3. The van der Waals surface area contributed by atoms with Crippen LogP contribution < -0.4 is 14.8 Å². The smallest absolute Gasteiger partial charge is 0.331 e. The van der Waals surface area contributed by atoms with Crippen molar-refractivity contribution >= 4 is 39.9 Å². The van der Waals surface area contributed by atoms with Crippen molar-refractivity contribution in [2.45, 2.75) is 44.8 Å². The van der Waals surface area contributed by atoms with Crippen molar-refractivity contribution in [2.24, 2.45) is 0 Å². The van der Waals surface area contributed by atoms with Crippen LogP contribution in [-0.4, -0.2) is 35.9 Å². The van der Waals surface area contributed by atoms with E-state index in [1.165, 1.54) is 18.1 Å². The van der Waals surface area contributed by atoms with Crippen molar-refractivity contribution < 1.29 is 23.9 Å². The Bertz CT molecular complexity index is 1090. The van der Waals surface area contributed by atoms with E-state index < -0.39 is 17.8 Å². The van der Waals surface area contributed by atoms with E-state index in [-0.39, 0.29) is 11.6 Å². The molecule has 4 amide bonds. The van der Waals surface area contributed by atoms with Crippen LogP contribution in [0.1, 0.15) is 43.2 Å². The molecular weight excluding hydrogens is 488 g/mol. The fraction of sp³-hybridized carbons (Fsp3) is 0.320. The van der Waals surface area contributed by atoms with Gasteiger partial charge in [0.1, 0.15) is 12.2 Å². The molecule has 0 spiro atoms. The lowest BCUT2D eigenvalue weighted by molar-refractivity contribution is -0.132. The van der Waals surface area contributed by atoms with Crippen LogP contribution in [0.4, 0.5) is 4.79 Å². The SMILES string of the molecule is COc1cc(/C=C2\C(=O)NC(=O)N(C3CCCCC3)C2=O)cc(Br)c1OCc1ccccc1. The van der Waals surface area contributed by atoms with Crippen molar-refractivity contribution in [1.82, 2.24) is 10.2 Å². The Morgan fingerprint density at radius 3 is 2.52 bits per heavy atom. The van der Waals surface area contributed by atoms with E-state index in [0.717, 1.165) is 37.7 Å². The molecule has 0 radical (unpaired) electrons. The zero-order chi connectivity index (χ0) is 23.4. The highest BCUT2D eigenvalue weighted by Gasteiger charge is 2.40. The number of ether oxygens (including phenoxy) is 2. The van der Waals surface area contributed by atoms with Gasteiger partial charge in [-0.1, -0.05) is 49.6 Å². The highest BCUT2D eigenvalue weighted by atomic mass is 79.9. The number of hydrogen-bond donors (Lipinski definition) is 1. The molecule has 2 fully saturated rings. The number of halogens is 1. The Hall–Kier alpha value is -3.13. The molecule has 2 aliphatic rings. The van der Waals surface area contributed by atoms with Crippen LogP contribution in [0.15, 0.2) is 52.5 Å². The number of carbonyl (C=O) groups excluding carboxylic acids is 3. The summed E-state index contributed by atoms with van der Waals surface area (Å²) >= 11 is 3.51. The normalized spacial score (nSPS) is 18.4. The Kier molecular flexibility index (Phi) is 7.13. The summed E-state index contributed by atoms with van der Waals surface area (Å²) in [7, 11) is 1.52. The second-order valence-electron chi connectivity index (χ2n) is 8.09. The van der Waals surface area contributed by atoms with Gasteiger partial charge in [-0.2, -0.15) is 0 Å². The van der Waals surface area contributed by atoms with Crippen LogP contribution in [0.5, 0.6) is 11.5 Å². The molecule has 4 rings (SSSR count). The maximum absolute atomic E-state index is 13.1. The van der Waals surface area contributed by atoms with Crippen LogP contribution in [0.3, 0.4) is 0 Å². The minimum atomic E-state index is -0.698. The molecule has 0 unspecified atom stereocenters. The number of nitrogens with one attached hydrogen (secondary N) is 1. The van der Waals surface area contributed by atoms with Gasteiger partial charge in [0, 0.05) is 6.04 Å². The van der Waals surface area contributed by atoms with E-state index in [4.69, 9.17) is 9.47 Å². The lowest BCUT2D eigenvalue weighted by Crippen LogP contribution is -2.58. The van der Waals surface area contributed by atoms with E-state index in [1.54, 1.807) is 12.1 Å². The summed E-state index contributed by atoms with van der Waals surface area (Å²) in [5, 5.41) is 2.31. The number of barbiturate groups is 1. The first-order chi connectivity index (χ1) is 16.0. The number of amides is 4. The highest BCUT2D eigenvalue weighted by molar-refractivity contribution is 9.10. The maximum atomic E-state index is 13.1. The average Bonchev–Trinajstić information content (AvgIpc) is 2.82. The van der Waals surface area contributed by atoms with Gasteiger partial charge < -0.3 is 9.47 Å². The van der Waals surface area contributed by atoms with Gasteiger partial charge in [-0.05, 0) is 58.1 Å². The van der Waals surface area contributed by atoms with Crippen molar-refractivity contribution in [3.8, 4) is 11.5 Å². The quantitative estimate of drug-likeness (QED) is 0.442. The Balaban J connectivity index is 1.60. The number of methoxy groups -OCH3 is 1. The van der Waals surface area contributed by atoms with E-state index in [0.29, 0.717) is 28.1 Å². The van der Waals surface area contributed by atoms with E-state index in [1.807, 2.05) is 30.3 Å². The Morgan fingerprint density at radius 2 is 1.82 bits per heavy atom. The predicted octanol–water partition coefficient (Wildman–Crippen LogP) is 4.83. The standard InChI is InChI=1S/C25H25BrN2O5/c1-32-21-14-17(13-20(26)22(21)33-15-16-8-4-2-5-9-16)12-19-23(29)27-25(31)28(24(19)30)18-10-6-3-7-11-18/h2,4-5,8-9,12-14,18H,3,6-7,10-11,15H2,1H3,(H,27,29,31)/b19-12+. The van der Waals surface area contributed by atoms with Crippen molar-refractivity contribution in [3.05, 3.63) is 63.6 Å². The van der Waals surface area contributed by atoms with Crippen LogP contribution in [0, 0.1) is 0 Å². The molecule has 7 nitrogen and oxygen atoms in total. The van der Waals surface area contributed by atoms with E-state index in [2.05, 4.69) is 21.2 Å². The zero-order valence-corrected chi connectivity index (χ0v) is 19.9. The summed E-state index contributed by atoms with van der Waals surface area (Å²) in [6.45, 7) is 0.357. The Morgan fingerprint density at radius 1 is 1.09 bits per heavy atom. The lowest BCUT2D eigenvalue weighted by atomic mass is 9.93. The molecule has 8 heteroatoms. The van der Waals surface area contributed by atoms with Gasteiger partial charge in [-0.25, -0.2) is 4.79 Å². The highest BCUT2D eigenvalue weighted by Crippen LogP contribution is 2.38. The van der Waals surface area contributed by atoms with Crippen molar-refractivity contribution in [1.29, 1.82) is 0 Å². The van der Waals surface area contributed by atoms with Gasteiger partial charge in [0.25, 0.3) is 11.8 Å². The van der Waals surface area contributed by atoms with Gasteiger partial charge in [-0.3, -0.25) is 19.8 Å². The summed E-state index contributed by atoms with van der Waals surface area (Å²) in [6, 6.07) is 12.4. The molecule has 2 aromatic rings. The molecule has 1 N–H and O–H groups in total. The molecular formula is C25H25BrN2O5. The van der Waals surface area contributed by atoms with Crippen LogP contribution in [-0.2, 0) is 16.2 Å². The predicted molar refractivity (Wildman–Crippen MR) is 127 cm³/mol. The van der Waals surface area contributed by atoms with E-state index >= 15 is 0 Å². The third-order valence-corrected chi connectivity index (χ3v) is 6.45. The third kappa shape index (κ3) is 5.11. The molecule has 0 atom stereocenters. The summed E-state index contributed by atoms with van der Waals surface area (Å²) < 4.78 is 12.1. The largest absolute Gasteiger partial charge is 0.493 e. The minimum Gasteiger partial charge on any atom is -0.493 e. The van der Waals surface area contributed by atoms with Crippen molar-refractivity contribution in [2.75, 3.05) is 7.11 Å². The molecule has 0 bridgehead atoms. The molecule has 0 aromatic heterocycles. The van der Waals surface area contributed by atoms with Gasteiger partial charge in [0.15, 0.2) is 11.5 Å². The summed E-state index contributed by atoms with van der Waals surface area (Å²) in [4.78, 5) is 39.2. The van der Waals surface area contributed by atoms with Crippen molar-refractivity contribution in [3.63, 3.8) is 0 Å². The first kappa shape index (κ1) is 23.0. The molecule has 2 aromatic carbocycles. The molecule has 1 heterocycles. The number of rotatable bonds is 6. The number of nitrogens with zero attached hydrogens (tertiary/aromatic N) is 1. The number of hydrogen-bond acceptors (Lipinski definition) is 5. The minimum absolute atomic E-state index is 0.0768. The number of carbonyl (C=O) groups is 3. The second kappa shape index (κ2) is 10.2.